The minimum Gasteiger partial charge on any atom is -0.389 e. The van der Waals surface area contributed by atoms with E-state index in [-0.39, 0.29) is 24.4 Å². The first-order valence-corrected chi connectivity index (χ1v) is 9.84. The Labute approximate surface area is 163 Å². The van der Waals surface area contributed by atoms with Crippen molar-refractivity contribution in [1.29, 1.82) is 0 Å². The molecule has 6 atom stereocenters. The summed E-state index contributed by atoms with van der Waals surface area (Å²) < 4.78 is 24.1. The van der Waals surface area contributed by atoms with Crippen molar-refractivity contribution in [2.75, 3.05) is 0 Å². The smallest absolute Gasteiger partial charge is 0.163 e. The third kappa shape index (κ3) is 7.29. The van der Waals surface area contributed by atoms with Gasteiger partial charge in [-0.25, -0.2) is 0 Å². The van der Waals surface area contributed by atoms with Crippen molar-refractivity contribution in [3.8, 4) is 0 Å². The van der Waals surface area contributed by atoms with Crippen LogP contribution in [0.15, 0.2) is 25.3 Å². The van der Waals surface area contributed by atoms with E-state index in [1.165, 1.54) is 12.2 Å². The second-order valence-electron chi connectivity index (χ2n) is 8.54. The summed E-state index contributed by atoms with van der Waals surface area (Å²) in [6.07, 6.45) is 4.69. The van der Waals surface area contributed by atoms with Crippen LogP contribution in [-0.4, -0.2) is 58.4 Å². The zero-order chi connectivity index (χ0) is 20.2. The zero-order valence-electron chi connectivity index (χ0n) is 17.1. The maximum atomic E-state index is 9.89. The molecule has 0 radical (unpaired) electrons. The third-order valence-corrected chi connectivity index (χ3v) is 4.93. The molecule has 0 aromatic carbocycles. The predicted octanol–water partition coefficient (Wildman–Crippen LogP) is 3.07. The van der Waals surface area contributed by atoms with Gasteiger partial charge in [-0.2, -0.15) is 0 Å². The lowest BCUT2D eigenvalue weighted by Crippen LogP contribution is -2.50. The van der Waals surface area contributed by atoms with Crippen LogP contribution in [0.2, 0.25) is 0 Å². The van der Waals surface area contributed by atoms with Crippen LogP contribution < -0.4 is 0 Å². The predicted molar refractivity (Wildman–Crippen MR) is 103 cm³/mol. The molecule has 0 bridgehead atoms. The highest BCUT2D eigenvalue weighted by molar-refractivity contribution is 4.88. The topological polar surface area (TPSA) is 77.4 Å². The minimum atomic E-state index is -0.715. The highest BCUT2D eigenvalue weighted by atomic mass is 16.7. The molecule has 2 fully saturated rings. The Morgan fingerprint density at radius 2 is 1.11 bits per heavy atom. The lowest BCUT2D eigenvalue weighted by Gasteiger charge is -2.45. The van der Waals surface area contributed by atoms with Crippen molar-refractivity contribution in [3.63, 3.8) is 0 Å². The number of rotatable bonds is 8. The molecule has 2 saturated heterocycles. The fourth-order valence-corrected chi connectivity index (χ4v) is 4.04. The summed E-state index contributed by atoms with van der Waals surface area (Å²) in [5, 5.41) is 19.8. The van der Waals surface area contributed by atoms with Crippen molar-refractivity contribution in [3.05, 3.63) is 25.3 Å². The van der Waals surface area contributed by atoms with Gasteiger partial charge in [0.2, 0.25) is 0 Å². The van der Waals surface area contributed by atoms with E-state index in [0.29, 0.717) is 32.1 Å². The van der Waals surface area contributed by atoms with Gasteiger partial charge in [-0.3, -0.25) is 0 Å². The standard InChI is InChI=1S/C21H36O6/c1-7-14(22)9-16-11-18(26-20(3,4)24-16)13-19-12-17(10-15(23)8-2)25-21(5,6)27-19/h7-8,14-19,22-23H,1-2,9-13H2,3-6H3/t14-,15+,16-,17+,18-,19+. The van der Waals surface area contributed by atoms with E-state index in [2.05, 4.69) is 13.2 Å². The van der Waals surface area contributed by atoms with Gasteiger partial charge in [0.25, 0.3) is 0 Å². The van der Waals surface area contributed by atoms with Gasteiger partial charge in [0.15, 0.2) is 11.6 Å². The first-order valence-electron chi connectivity index (χ1n) is 9.84. The minimum absolute atomic E-state index is 0.0420. The molecule has 2 heterocycles. The Morgan fingerprint density at radius 3 is 1.44 bits per heavy atom. The summed E-state index contributed by atoms with van der Waals surface area (Å²) in [4.78, 5) is 0. The van der Waals surface area contributed by atoms with Crippen molar-refractivity contribution < 1.29 is 29.2 Å². The van der Waals surface area contributed by atoms with E-state index in [1.54, 1.807) is 0 Å². The molecule has 0 saturated carbocycles. The SMILES string of the molecule is C=C[C@@H](O)C[C@@H]1C[C@H](C[C@@H]2C[C@H](C[C@@H](O)C=C)OC(C)(C)O2)OC(C)(C)O1. The highest BCUT2D eigenvalue weighted by Crippen LogP contribution is 2.36. The maximum absolute atomic E-state index is 9.89. The van der Waals surface area contributed by atoms with Crippen LogP contribution in [0.1, 0.15) is 59.8 Å². The normalized spacial score (nSPS) is 35.2. The van der Waals surface area contributed by atoms with E-state index in [0.717, 1.165) is 0 Å². The number of aliphatic hydroxyl groups excluding tert-OH is 2. The fourth-order valence-electron chi connectivity index (χ4n) is 4.04. The summed E-state index contributed by atoms with van der Waals surface area (Å²) in [6, 6.07) is 0. The van der Waals surface area contributed by atoms with E-state index in [1.807, 2.05) is 27.7 Å². The molecule has 0 aliphatic carbocycles. The molecule has 27 heavy (non-hydrogen) atoms. The number of aliphatic hydroxyl groups is 2. The Bertz CT molecular complexity index is 459. The van der Waals surface area contributed by atoms with Crippen LogP contribution in [0.25, 0.3) is 0 Å². The monoisotopic (exact) mass is 384 g/mol. The Morgan fingerprint density at radius 1 is 0.778 bits per heavy atom. The van der Waals surface area contributed by atoms with Gasteiger partial charge in [-0.1, -0.05) is 12.2 Å². The van der Waals surface area contributed by atoms with Crippen molar-refractivity contribution in [2.24, 2.45) is 0 Å². The molecular weight excluding hydrogens is 348 g/mol. The van der Waals surface area contributed by atoms with Crippen LogP contribution in [0.5, 0.6) is 0 Å². The average molecular weight is 385 g/mol. The molecule has 156 valence electrons. The number of hydrogen-bond donors (Lipinski definition) is 2. The molecule has 0 aromatic rings. The van der Waals surface area contributed by atoms with E-state index in [9.17, 15) is 10.2 Å². The van der Waals surface area contributed by atoms with Gasteiger partial charge in [0.05, 0.1) is 36.6 Å². The average Bonchev–Trinajstić information content (AvgIpc) is 2.51. The summed E-state index contributed by atoms with van der Waals surface area (Å²) in [6.45, 7) is 14.8. The van der Waals surface area contributed by atoms with Crippen molar-refractivity contribution in [2.45, 2.75) is 108 Å². The first-order chi connectivity index (χ1) is 12.5. The second-order valence-corrected chi connectivity index (χ2v) is 8.54. The van der Waals surface area contributed by atoms with E-state index < -0.39 is 23.8 Å². The molecule has 0 unspecified atom stereocenters. The first kappa shape index (κ1) is 22.5. The molecule has 2 rings (SSSR count). The van der Waals surface area contributed by atoms with Crippen LogP contribution >= 0.6 is 0 Å². The molecule has 2 aliphatic heterocycles. The molecule has 0 spiro atoms. The zero-order valence-corrected chi connectivity index (χ0v) is 17.1. The molecule has 6 heteroatoms. The Kier molecular flexibility index (Phi) is 7.64. The summed E-state index contributed by atoms with van der Waals surface area (Å²) in [5.74, 6) is -1.43. The fraction of sp³-hybridized carbons (Fsp3) is 0.810. The molecule has 0 aromatic heterocycles. The second kappa shape index (κ2) is 9.16. The van der Waals surface area contributed by atoms with Gasteiger partial charge in [-0.15, -0.1) is 13.2 Å². The van der Waals surface area contributed by atoms with Crippen LogP contribution in [0, 0.1) is 0 Å². The van der Waals surface area contributed by atoms with Crippen LogP contribution in [0.4, 0.5) is 0 Å². The van der Waals surface area contributed by atoms with Gasteiger partial charge in [0.1, 0.15) is 0 Å². The van der Waals surface area contributed by atoms with Crippen molar-refractivity contribution in [1.82, 2.24) is 0 Å². The Hall–Kier alpha value is -0.760. The lowest BCUT2D eigenvalue weighted by atomic mass is 9.94. The quantitative estimate of drug-likeness (QED) is 0.626. The number of hydrogen-bond acceptors (Lipinski definition) is 6. The van der Waals surface area contributed by atoms with Crippen LogP contribution in [0.3, 0.4) is 0 Å². The molecular formula is C21H36O6. The Balaban J connectivity index is 2.00. The summed E-state index contributed by atoms with van der Waals surface area (Å²) in [5.41, 5.74) is 0. The van der Waals surface area contributed by atoms with Gasteiger partial charge in [0, 0.05) is 32.1 Å². The van der Waals surface area contributed by atoms with Gasteiger partial charge in [-0.05, 0) is 27.7 Å². The van der Waals surface area contributed by atoms with E-state index in [4.69, 9.17) is 18.9 Å². The summed E-state index contributed by atoms with van der Waals surface area (Å²) in [7, 11) is 0. The highest BCUT2D eigenvalue weighted by Gasteiger charge is 2.41. The molecule has 6 nitrogen and oxygen atoms in total. The third-order valence-electron chi connectivity index (χ3n) is 4.93. The molecule has 0 amide bonds. The van der Waals surface area contributed by atoms with Gasteiger partial charge < -0.3 is 29.2 Å². The molecule has 2 N–H and O–H groups in total. The van der Waals surface area contributed by atoms with E-state index >= 15 is 0 Å². The number of ether oxygens (including phenoxy) is 4. The van der Waals surface area contributed by atoms with Gasteiger partial charge >= 0.3 is 0 Å². The van der Waals surface area contributed by atoms with Crippen LogP contribution in [-0.2, 0) is 18.9 Å². The maximum Gasteiger partial charge on any atom is 0.163 e. The summed E-state index contributed by atoms with van der Waals surface area (Å²) >= 11 is 0. The van der Waals surface area contributed by atoms with Crippen molar-refractivity contribution >= 4 is 0 Å². The largest absolute Gasteiger partial charge is 0.389 e. The molecule has 2 aliphatic rings. The lowest BCUT2D eigenvalue weighted by molar-refractivity contribution is -0.326.